The van der Waals surface area contributed by atoms with Crippen molar-refractivity contribution in [2.45, 2.75) is 32.1 Å². The van der Waals surface area contributed by atoms with Gasteiger partial charge in [-0.25, -0.2) is 0 Å². The Kier molecular flexibility index (Phi) is 7.26. The Morgan fingerprint density at radius 3 is 2.27 bits per heavy atom. The van der Waals surface area contributed by atoms with Crippen LogP contribution in [0, 0.1) is 5.92 Å². The van der Waals surface area contributed by atoms with Crippen LogP contribution in [0.3, 0.4) is 0 Å². The third-order valence-corrected chi connectivity index (χ3v) is 5.30. The number of amides is 1. The zero-order chi connectivity index (χ0) is 18.0. The van der Waals surface area contributed by atoms with E-state index in [0.717, 1.165) is 37.4 Å². The van der Waals surface area contributed by atoms with Gasteiger partial charge in [-0.1, -0.05) is 48.5 Å². The Hall–Kier alpha value is -2.13. The van der Waals surface area contributed by atoms with Crippen LogP contribution in [0.15, 0.2) is 60.7 Å². The molecule has 0 atom stereocenters. The van der Waals surface area contributed by atoms with Gasteiger partial charge in [-0.2, -0.15) is 0 Å². The predicted octanol–water partition coefficient (Wildman–Crippen LogP) is 4.15. The monoisotopic (exact) mass is 350 g/mol. The second kappa shape index (κ2) is 10.1. The summed E-state index contributed by atoms with van der Waals surface area (Å²) in [5, 5.41) is 3.01. The molecule has 3 heteroatoms. The highest BCUT2D eigenvalue weighted by molar-refractivity contribution is 5.94. The smallest absolute Gasteiger partial charge is 0.251 e. The van der Waals surface area contributed by atoms with Crippen LogP contribution in [0.5, 0.6) is 0 Å². The Morgan fingerprint density at radius 2 is 1.58 bits per heavy atom. The summed E-state index contributed by atoms with van der Waals surface area (Å²) >= 11 is 0. The minimum Gasteiger partial charge on any atom is -0.352 e. The van der Waals surface area contributed by atoms with Crippen LogP contribution in [0.25, 0.3) is 0 Å². The van der Waals surface area contributed by atoms with Crippen molar-refractivity contribution in [1.82, 2.24) is 10.2 Å². The van der Waals surface area contributed by atoms with Gasteiger partial charge < -0.3 is 10.2 Å². The van der Waals surface area contributed by atoms with Crippen LogP contribution in [-0.2, 0) is 6.42 Å². The summed E-state index contributed by atoms with van der Waals surface area (Å²) < 4.78 is 0. The number of nitrogens with zero attached hydrogens (tertiary/aromatic N) is 1. The van der Waals surface area contributed by atoms with Crippen LogP contribution in [0.1, 0.15) is 41.6 Å². The molecule has 138 valence electrons. The van der Waals surface area contributed by atoms with Crippen LogP contribution >= 0.6 is 0 Å². The first kappa shape index (κ1) is 18.7. The van der Waals surface area contributed by atoms with E-state index in [2.05, 4.69) is 40.5 Å². The van der Waals surface area contributed by atoms with Gasteiger partial charge in [0.05, 0.1) is 0 Å². The number of carbonyl (C=O) groups excluding carboxylic acids is 1. The second-order valence-corrected chi connectivity index (χ2v) is 7.30. The lowest BCUT2D eigenvalue weighted by Gasteiger charge is -2.32. The van der Waals surface area contributed by atoms with E-state index < -0.39 is 0 Å². The Balaban J connectivity index is 1.26. The topological polar surface area (TPSA) is 32.3 Å². The molecule has 1 heterocycles. The molecular weight excluding hydrogens is 320 g/mol. The summed E-state index contributed by atoms with van der Waals surface area (Å²) in [6.45, 7) is 4.35. The largest absolute Gasteiger partial charge is 0.352 e. The molecule has 0 aromatic heterocycles. The van der Waals surface area contributed by atoms with E-state index >= 15 is 0 Å². The summed E-state index contributed by atoms with van der Waals surface area (Å²) in [7, 11) is 0. The zero-order valence-corrected chi connectivity index (χ0v) is 15.6. The van der Waals surface area contributed by atoms with Crippen molar-refractivity contribution in [3.63, 3.8) is 0 Å². The van der Waals surface area contributed by atoms with E-state index in [4.69, 9.17) is 0 Å². The zero-order valence-electron chi connectivity index (χ0n) is 15.6. The maximum Gasteiger partial charge on any atom is 0.251 e. The number of carbonyl (C=O) groups is 1. The maximum atomic E-state index is 12.0. The van der Waals surface area contributed by atoms with Crippen LogP contribution in [0.2, 0.25) is 0 Å². The molecule has 3 nitrogen and oxygen atoms in total. The van der Waals surface area contributed by atoms with Crippen molar-refractivity contribution in [1.29, 1.82) is 0 Å². The molecule has 1 fully saturated rings. The minimum absolute atomic E-state index is 0.0346. The molecule has 2 aromatic rings. The van der Waals surface area contributed by atoms with Gasteiger partial charge in [-0.3, -0.25) is 4.79 Å². The fourth-order valence-electron chi connectivity index (χ4n) is 3.72. The Bertz CT molecular complexity index is 648. The van der Waals surface area contributed by atoms with Crippen molar-refractivity contribution in [3.8, 4) is 0 Å². The SMILES string of the molecule is O=C(NCCCCN1CCC(Cc2ccccc2)CC1)c1ccccc1. The van der Waals surface area contributed by atoms with E-state index in [-0.39, 0.29) is 5.91 Å². The lowest BCUT2D eigenvalue weighted by molar-refractivity contribution is 0.0952. The number of hydrogen-bond acceptors (Lipinski definition) is 2. The number of hydrogen-bond donors (Lipinski definition) is 1. The molecule has 0 saturated carbocycles. The molecule has 0 bridgehead atoms. The number of unbranched alkanes of at least 4 members (excludes halogenated alkanes) is 1. The van der Waals surface area contributed by atoms with Crippen molar-refractivity contribution in [3.05, 3.63) is 71.8 Å². The third kappa shape index (κ3) is 5.99. The first-order valence-corrected chi connectivity index (χ1v) is 9.91. The molecule has 0 unspecified atom stereocenters. The molecule has 0 aliphatic carbocycles. The van der Waals surface area contributed by atoms with Gasteiger partial charge in [0.2, 0.25) is 0 Å². The number of rotatable bonds is 8. The van der Waals surface area contributed by atoms with Crippen molar-refractivity contribution in [2.75, 3.05) is 26.2 Å². The van der Waals surface area contributed by atoms with Crippen molar-refractivity contribution in [2.24, 2.45) is 5.92 Å². The van der Waals surface area contributed by atoms with Gasteiger partial charge in [-0.15, -0.1) is 0 Å². The fourth-order valence-corrected chi connectivity index (χ4v) is 3.72. The van der Waals surface area contributed by atoms with E-state index in [1.807, 2.05) is 30.3 Å². The molecule has 1 aliphatic rings. The molecule has 1 N–H and O–H groups in total. The van der Waals surface area contributed by atoms with E-state index in [9.17, 15) is 4.79 Å². The Morgan fingerprint density at radius 1 is 0.923 bits per heavy atom. The molecular formula is C23H30N2O. The first-order chi connectivity index (χ1) is 12.8. The lowest BCUT2D eigenvalue weighted by Crippen LogP contribution is -2.35. The summed E-state index contributed by atoms with van der Waals surface area (Å²) in [5.41, 5.74) is 2.22. The molecule has 1 saturated heterocycles. The van der Waals surface area contributed by atoms with Gasteiger partial charge in [0.25, 0.3) is 5.91 Å². The molecule has 0 spiro atoms. The average Bonchev–Trinajstić information content (AvgIpc) is 2.70. The maximum absolute atomic E-state index is 12.0. The van der Waals surface area contributed by atoms with Gasteiger partial charge in [-0.05, 0) is 75.4 Å². The highest BCUT2D eigenvalue weighted by Gasteiger charge is 2.18. The average molecular weight is 351 g/mol. The van der Waals surface area contributed by atoms with Gasteiger partial charge in [0, 0.05) is 12.1 Å². The number of likely N-dealkylation sites (tertiary alicyclic amines) is 1. The second-order valence-electron chi connectivity index (χ2n) is 7.30. The van der Waals surface area contributed by atoms with E-state index in [1.54, 1.807) is 0 Å². The van der Waals surface area contributed by atoms with Crippen molar-refractivity contribution < 1.29 is 4.79 Å². The van der Waals surface area contributed by atoms with Crippen LogP contribution in [0.4, 0.5) is 0 Å². The third-order valence-electron chi connectivity index (χ3n) is 5.30. The Labute approximate surface area is 157 Å². The van der Waals surface area contributed by atoms with Gasteiger partial charge in [0.15, 0.2) is 0 Å². The number of nitrogens with one attached hydrogen (secondary N) is 1. The van der Waals surface area contributed by atoms with Crippen molar-refractivity contribution >= 4 is 5.91 Å². The van der Waals surface area contributed by atoms with E-state index in [0.29, 0.717) is 0 Å². The molecule has 26 heavy (non-hydrogen) atoms. The van der Waals surface area contributed by atoms with Crippen LogP contribution < -0.4 is 5.32 Å². The summed E-state index contributed by atoms with van der Waals surface area (Å²) in [4.78, 5) is 14.6. The van der Waals surface area contributed by atoms with Gasteiger partial charge in [0.1, 0.15) is 0 Å². The van der Waals surface area contributed by atoms with E-state index in [1.165, 1.54) is 37.9 Å². The summed E-state index contributed by atoms with van der Waals surface area (Å²) in [6.07, 6.45) is 6.03. The molecule has 1 amide bonds. The standard InChI is InChI=1S/C23H30N2O/c26-23(22-11-5-2-6-12-22)24-15-7-8-16-25-17-13-21(14-18-25)19-20-9-3-1-4-10-20/h1-6,9-12,21H,7-8,13-19H2,(H,24,26). The van der Waals surface area contributed by atoms with Crippen LogP contribution in [-0.4, -0.2) is 37.0 Å². The molecule has 3 rings (SSSR count). The summed E-state index contributed by atoms with van der Waals surface area (Å²) in [5.74, 6) is 0.867. The normalized spacial score (nSPS) is 15.7. The molecule has 2 aromatic carbocycles. The minimum atomic E-state index is 0.0346. The number of piperidine rings is 1. The first-order valence-electron chi connectivity index (χ1n) is 9.91. The quantitative estimate of drug-likeness (QED) is 0.725. The molecule has 1 aliphatic heterocycles. The number of benzene rings is 2. The summed E-state index contributed by atoms with van der Waals surface area (Å²) in [6, 6.07) is 20.3. The molecule has 0 radical (unpaired) electrons. The lowest BCUT2D eigenvalue weighted by atomic mass is 9.90. The predicted molar refractivity (Wildman–Crippen MR) is 107 cm³/mol. The fraction of sp³-hybridized carbons (Fsp3) is 0.435. The highest BCUT2D eigenvalue weighted by Crippen LogP contribution is 2.21. The highest BCUT2D eigenvalue weighted by atomic mass is 16.1. The van der Waals surface area contributed by atoms with Gasteiger partial charge >= 0.3 is 0 Å².